The fourth-order valence-corrected chi connectivity index (χ4v) is 9.35. The minimum absolute atomic E-state index is 0.762. The van der Waals surface area contributed by atoms with Crippen molar-refractivity contribution in [3.63, 3.8) is 0 Å². The van der Waals surface area contributed by atoms with E-state index < -0.39 is 0 Å². The Morgan fingerprint density at radius 3 is 1.45 bits per heavy atom. The summed E-state index contributed by atoms with van der Waals surface area (Å²) in [4.78, 5) is 4.88. The van der Waals surface area contributed by atoms with E-state index in [2.05, 4.69) is 240 Å². The van der Waals surface area contributed by atoms with Crippen molar-refractivity contribution < 1.29 is 0 Å². The number of hydrogen-bond acceptors (Lipinski definition) is 2. The lowest BCUT2D eigenvalue weighted by Gasteiger charge is -2.32. The van der Waals surface area contributed by atoms with E-state index in [0.717, 1.165) is 41.3 Å². The molecule has 60 heavy (non-hydrogen) atoms. The topological polar surface area (TPSA) is 6.48 Å². The van der Waals surface area contributed by atoms with Gasteiger partial charge in [-0.05, 0) is 129 Å². The molecular formula is C58H42N2. The molecule has 0 unspecified atom stereocenters. The third-order valence-corrected chi connectivity index (χ3v) is 12.1. The molecule has 0 spiro atoms. The maximum atomic E-state index is 2.51. The van der Waals surface area contributed by atoms with E-state index in [9.17, 15) is 0 Å². The van der Waals surface area contributed by atoms with Crippen LogP contribution in [-0.2, 0) is 12.8 Å². The second-order valence-corrected chi connectivity index (χ2v) is 15.7. The van der Waals surface area contributed by atoms with Crippen molar-refractivity contribution in [2.75, 3.05) is 9.80 Å². The average Bonchev–Trinajstić information content (AvgIpc) is 3.31. The number of fused-ring (bicyclic) bond motifs is 8. The molecule has 10 aromatic carbocycles. The predicted octanol–water partition coefficient (Wildman–Crippen LogP) is 15.8. The second-order valence-electron chi connectivity index (χ2n) is 15.7. The van der Waals surface area contributed by atoms with Gasteiger partial charge >= 0.3 is 0 Å². The third kappa shape index (κ3) is 6.40. The van der Waals surface area contributed by atoms with E-state index in [1.165, 1.54) is 71.7 Å². The van der Waals surface area contributed by atoms with Crippen LogP contribution < -0.4 is 9.80 Å². The Morgan fingerprint density at radius 1 is 0.267 bits per heavy atom. The fraction of sp³-hybridized carbons (Fsp3) is 0.0345. The molecule has 0 radical (unpaired) electrons. The van der Waals surface area contributed by atoms with Gasteiger partial charge in [0.25, 0.3) is 0 Å². The Hall–Kier alpha value is -7.68. The highest BCUT2D eigenvalue weighted by Gasteiger charge is 2.27. The van der Waals surface area contributed by atoms with Gasteiger partial charge in [0.05, 0.1) is 5.69 Å². The Labute approximate surface area is 351 Å². The molecule has 284 valence electrons. The Bertz CT molecular complexity index is 3110. The summed E-state index contributed by atoms with van der Waals surface area (Å²) in [5.74, 6) is 0. The normalized spacial score (nSPS) is 11.9. The Balaban J connectivity index is 1.19. The zero-order valence-electron chi connectivity index (χ0n) is 33.2. The van der Waals surface area contributed by atoms with Gasteiger partial charge < -0.3 is 9.80 Å². The average molecular weight is 767 g/mol. The molecule has 0 bridgehead atoms. The fourth-order valence-electron chi connectivity index (χ4n) is 9.35. The van der Waals surface area contributed by atoms with Crippen LogP contribution in [0.3, 0.4) is 0 Å². The van der Waals surface area contributed by atoms with Crippen molar-refractivity contribution in [2.45, 2.75) is 12.8 Å². The summed E-state index contributed by atoms with van der Waals surface area (Å²) in [5, 5.41) is 4.90. The van der Waals surface area contributed by atoms with Gasteiger partial charge in [-0.3, -0.25) is 0 Å². The van der Waals surface area contributed by atoms with Gasteiger partial charge in [0, 0.05) is 39.4 Å². The minimum Gasteiger partial charge on any atom is -0.310 e. The SMILES string of the molecule is c1ccc(N(c2ccccc2)c2ccc3c(c2)Cc2ccccc2-c2c(cc4ccccc4c2N(c2ccccc2)c2ccc4ccccc4c2)Cc2ccccc2-3)cc1. The molecule has 0 saturated carbocycles. The van der Waals surface area contributed by atoms with Gasteiger partial charge in [0.15, 0.2) is 0 Å². The molecule has 0 N–H and O–H groups in total. The third-order valence-electron chi connectivity index (χ3n) is 12.1. The highest BCUT2D eigenvalue weighted by molar-refractivity contribution is 6.08. The molecule has 0 fully saturated rings. The van der Waals surface area contributed by atoms with Gasteiger partial charge in [-0.25, -0.2) is 0 Å². The second kappa shape index (κ2) is 15.2. The van der Waals surface area contributed by atoms with Crippen LogP contribution in [-0.4, -0.2) is 0 Å². The largest absolute Gasteiger partial charge is 0.310 e. The summed E-state index contributed by atoms with van der Waals surface area (Å²) in [6, 6.07) is 84.5. The lowest BCUT2D eigenvalue weighted by atomic mass is 9.81. The van der Waals surface area contributed by atoms with Crippen molar-refractivity contribution in [1.82, 2.24) is 0 Å². The van der Waals surface area contributed by atoms with Gasteiger partial charge in [-0.2, -0.15) is 0 Å². The maximum absolute atomic E-state index is 2.51. The summed E-state index contributed by atoms with van der Waals surface area (Å²) < 4.78 is 0. The van der Waals surface area contributed by atoms with Gasteiger partial charge in [-0.15, -0.1) is 0 Å². The molecule has 1 aliphatic rings. The molecule has 2 nitrogen and oxygen atoms in total. The predicted molar refractivity (Wildman–Crippen MR) is 254 cm³/mol. The zero-order valence-corrected chi connectivity index (χ0v) is 33.2. The number of rotatable bonds is 6. The number of anilines is 6. The molecular weight excluding hydrogens is 725 g/mol. The van der Waals surface area contributed by atoms with Crippen LogP contribution in [0.25, 0.3) is 43.8 Å². The summed E-state index contributed by atoms with van der Waals surface area (Å²) in [6.07, 6.45) is 1.54. The zero-order chi connectivity index (χ0) is 39.8. The molecule has 0 atom stereocenters. The van der Waals surface area contributed by atoms with E-state index in [1.807, 2.05) is 0 Å². The van der Waals surface area contributed by atoms with E-state index >= 15 is 0 Å². The lowest BCUT2D eigenvalue weighted by Crippen LogP contribution is -2.14. The van der Waals surface area contributed by atoms with Crippen LogP contribution in [0.15, 0.2) is 231 Å². The van der Waals surface area contributed by atoms with E-state index in [1.54, 1.807) is 0 Å². The lowest BCUT2D eigenvalue weighted by molar-refractivity contribution is 1.14. The monoisotopic (exact) mass is 766 g/mol. The van der Waals surface area contributed by atoms with Crippen LogP contribution >= 0.6 is 0 Å². The van der Waals surface area contributed by atoms with Crippen molar-refractivity contribution in [3.8, 4) is 22.3 Å². The van der Waals surface area contributed by atoms with E-state index in [4.69, 9.17) is 0 Å². The molecule has 1 aliphatic carbocycles. The van der Waals surface area contributed by atoms with Crippen LogP contribution in [0.2, 0.25) is 0 Å². The quantitative estimate of drug-likeness (QED) is 0.166. The van der Waals surface area contributed by atoms with Crippen LogP contribution in [0.1, 0.15) is 22.3 Å². The summed E-state index contributed by atoms with van der Waals surface area (Å²) in [7, 11) is 0. The van der Waals surface area contributed by atoms with Gasteiger partial charge in [-0.1, -0.05) is 170 Å². The smallest absolute Gasteiger partial charge is 0.0621 e. The first kappa shape index (κ1) is 35.5. The number of benzene rings is 10. The molecule has 2 heteroatoms. The molecule has 11 rings (SSSR count). The standard InChI is InChI=1S/C58H42N2/c1-4-23-48(24-5-1)59(49-25-6-2-7-26-49)51-34-35-54-46(40-51)36-44-21-13-16-30-55(44)57-47(37-43-20-12-15-29-53(43)54)38-45-22-14-17-31-56(45)58(57)60(50-27-8-3-9-28-50)52-33-32-41-18-10-11-19-42(41)39-52/h1-35,38-40H,36-37H2. The van der Waals surface area contributed by atoms with Crippen molar-refractivity contribution >= 4 is 55.7 Å². The van der Waals surface area contributed by atoms with Crippen LogP contribution in [0.5, 0.6) is 0 Å². The maximum Gasteiger partial charge on any atom is 0.0621 e. The van der Waals surface area contributed by atoms with Crippen molar-refractivity contribution in [2.24, 2.45) is 0 Å². The van der Waals surface area contributed by atoms with Crippen molar-refractivity contribution in [1.29, 1.82) is 0 Å². The van der Waals surface area contributed by atoms with E-state index in [0.29, 0.717) is 0 Å². The number of para-hydroxylation sites is 3. The summed E-state index contributed by atoms with van der Waals surface area (Å²) >= 11 is 0. The van der Waals surface area contributed by atoms with Gasteiger partial charge in [0.2, 0.25) is 0 Å². The molecule has 0 amide bonds. The molecule has 0 heterocycles. The number of hydrogen-bond donors (Lipinski definition) is 0. The van der Waals surface area contributed by atoms with Gasteiger partial charge in [0.1, 0.15) is 0 Å². The van der Waals surface area contributed by atoms with Crippen LogP contribution in [0, 0.1) is 0 Å². The molecule has 0 aromatic heterocycles. The van der Waals surface area contributed by atoms with E-state index in [-0.39, 0.29) is 0 Å². The highest BCUT2D eigenvalue weighted by atomic mass is 15.1. The first-order valence-corrected chi connectivity index (χ1v) is 20.9. The first-order chi connectivity index (χ1) is 29.8. The molecule has 0 aliphatic heterocycles. The first-order valence-electron chi connectivity index (χ1n) is 20.9. The Morgan fingerprint density at radius 2 is 0.750 bits per heavy atom. The van der Waals surface area contributed by atoms with Crippen molar-refractivity contribution in [3.05, 3.63) is 253 Å². The minimum atomic E-state index is 0.762. The summed E-state index contributed by atoms with van der Waals surface area (Å²) in [6.45, 7) is 0. The molecule has 10 aromatic rings. The number of nitrogens with zero attached hydrogens (tertiary/aromatic N) is 2. The summed E-state index contributed by atoms with van der Waals surface area (Å²) in [5.41, 5.74) is 17.1. The Kier molecular flexibility index (Phi) is 9.02. The van der Waals surface area contributed by atoms with Crippen LogP contribution in [0.4, 0.5) is 34.1 Å². The molecule has 0 saturated heterocycles. The highest BCUT2D eigenvalue weighted by Crippen LogP contribution is 2.50.